The van der Waals surface area contributed by atoms with Crippen molar-refractivity contribution in [3.8, 4) is 0 Å². The summed E-state index contributed by atoms with van der Waals surface area (Å²) in [6.45, 7) is 3.49. The van der Waals surface area contributed by atoms with E-state index >= 15 is 0 Å². The Hall–Kier alpha value is -2.65. The van der Waals surface area contributed by atoms with Gasteiger partial charge in [0.1, 0.15) is 6.04 Å². The Morgan fingerprint density at radius 3 is 2.32 bits per heavy atom. The van der Waals surface area contributed by atoms with Gasteiger partial charge >= 0.3 is 0 Å². The van der Waals surface area contributed by atoms with E-state index in [0.29, 0.717) is 35.2 Å². The highest BCUT2D eigenvalue weighted by Gasteiger charge is 2.40. The number of nitrogens with two attached hydrogens (primary N) is 1. The number of carbonyl (C=O) groups excluding carboxylic acids is 3. The van der Waals surface area contributed by atoms with Crippen LogP contribution in [0.1, 0.15) is 60.9 Å². The molecular weight excluding hydrogens is 561 g/mol. The Morgan fingerprint density at radius 1 is 0.951 bits per heavy atom. The van der Waals surface area contributed by atoms with Gasteiger partial charge in [0, 0.05) is 73.3 Å². The third-order valence-corrected chi connectivity index (χ3v) is 8.99. The minimum Gasteiger partial charge on any atom is -0.352 e. The molecule has 1 saturated heterocycles. The van der Waals surface area contributed by atoms with Crippen molar-refractivity contribution in [1.29, 1.82) is 0 Å². The average Bonchev–Trinajstić information content (AvgIpc) is 2.99. The molecule has 1 heterocycles. The molecule has 0 aromatic heterocycles. The van der Waals surface area contributed by atoms with Crippen molar-refractivity contribution in [3.05, 3.63) is 69.7 Å². The molecule has 41 heavy (non-hydrogen) atoms. The van der Waals surface area contributed by atoms with Crippen molar-refractivity contribution in [2.24, 2.45) is 5.73 Å². The Kier molecular flexibility index (Phi) is 11.5. The molecule has 10 heteroatoms. The molecule has 2 fully saturated rings. The molecule has 8 nitrogen and oxygen atoms in total. The Balaban J connectivity index is 1.39. The lowest BCUT2D eigenvalue weighted by Crippen LogP contribution is -2.61. The number of hydrogen-bond acceptors (Lipinski definition) is 5. The number of amides is 3. The van der Waals surface area contributed by atoms with E-state index in [2.05, 4.69) is 15.5 Å². The van der Waals surface area contributed by atoms with Gasteiger partial charge in [-0.05, 0) is 49.1 Å². The SMILES string of the molecule is NCCC(=O)NC(Cc1ccc(Cl)cc1Cl)C(=O)N1CCN(C2(CCNC(=O)c3ccccc3)CCCCC2)CC1. The zero-order valence-corrected chi connectivity index (χ0v) is 25.1. The van der Waals surface area contributed by atoms with Crippen LogP contribution in [-0.4, -0.2) is 78.4 Å². The summed E-state index contributed by atoms with van der Waals surface area (Å²) in [6.07, 6.45) is 7.06. The minimum absolute atomic E-state index is 0.0168. The molecule has 4 rings (SSSR count). The fourth-order valence-corrected chi connectivity index (χ4v) is 6.65. The van der Waals surface area contributed by atoms with Crippen LogP contribution >= 0.6 is 23.2 Å². The van der Waals surface area contributed by atoms with Crippen LogP contribution in [0.15, 0.2) is 48.5 Å². The van der Waals surface area contributed by atoms with Gasteiger partial charge in [0.05, 0.1) is 0 Å². The first-order chi connectivity index (χ1) is 19.8. The topological polar surface area (TPSA) is 108 Å². The van der Waals surface area contributed by atoms with E-state index in [4.69, 9.17) is 28.9 Å². The maximum atomic E-state index is 13.7. The van der Waals surface area contributed by atoms with Gasteiger partial charge in [-0.1, -0.05) is 66.7 Å². The van der Waals surface area contributed by atoms with Crippen LogP contribution in [0.25, 0.3) is 0 Å². The van der Waals surface area contributed by atoms with E-state index in [1.165, 1.54) is 19.3 Å². The fraction of sp³-hybridized carbons (Fsp3) is 0.516. The summed E-state index contributed by atoms with van der Waals surface area (Å²) < 4.78 is 0. The second kappa shape index (κ2) is 15.0. The van der Waals surface area contributed by atoms with Crippen LogP contribution in [0, 0.1) is 0 Å². The third-order valence-electron chi connectivity index (χ3n) is 8.40. The number of benzene rings is 2. The predicted molar refractivity (Wildman–Crippen MR) is 163 cm³/mol. The maximum absolute atomic E-state index is 13.7. The minimum atomic E-state index is -0.740. The quantitative estimate of drug-likeness (QED) is 0.360. The molecule has 4 N–H and O–H groups in total. The van der Waals surface area contributed by atoms with Gasteiger partial charge in [-0.25, -0.2) is 0 Å². The molecule has 1 aliphatic heterocycles. The number of halogens is 2. The van der Waals surface area contributed by atoms with Crippen molar-refractivity contribution in [2.75, 3.05) is 39.3 Å². The monoisotopic (exact) mass is 601 g/mol. The van der Waals surface area contributed by atoms with Crippen LogP contribution in [0.4, 0.5) is 0 Å². The lowest BCUT2D eigenvalue weighted by Gasteiger charge is -2.50. The van der Waals surface area contributed by atoms with E-state index < -0.39 is 6.04 Å². The zero-order valence-electron chi connectivity index (χ0n) is 23.5. The molecule has 2 aromatic rings. The van der Waals surface area contributed by atoms with Crippen LogP contribution in [-0.2, 0) is 16.0 Å². The smallest absolute Gasteiger partial charge is 0.251 e. The summed E-state index contributed by atoms with van der Waals surface area (Å²) in [5, 5.41) is 6.98. The van der Waals surface area contributed by atoms with Gasteiger partial charge in [0.2, 0.25) is 11.8 Å². The Morgan fingerprint density at radius 2 is 1.66 bits per heavy atom. The lowest BCUT2D eigenvalue weighted by molar-refractivity contribution is -0.139. The van der Waals surface area contributed by atoms with Crippen LogP contribution in [0.2, 0.25) is 10.0 Å². The number of rotatable bonds is 11. The van der Waals surface area contributed by atoms with Crippen molar-refractivity contribution < 1.29 is 14.4 Å². The molecule has 0 spiro atoms. The number of piperazine rings is 1. The average molecular weight is 603 g/mol. The number of hydrogen-bond donors (Lipinski definition) is 3. The van der Waals surface area contributed by atoms with Crippen molar-refractivity contribution >= 4 is 40.9 Å². The third kappa shape index (κ3) is 8.44. The van der Waals surface area contributed by atoms with E-state index in [1.807, 2.05) is 35.2 Å². The van der Waals surface area contributed by atoms with Gasteiger partial charge < -0.3 is 21.3 Å². The molecule has 2 aromatic carbocycles. The standard InChI is InChI=1S/C31H41Cl2N5O3/c32-25-10-9-24(26(33)22-25)21-27(36-28(39)11-15-34)30(41)37-17-19-38(20-18-37)31(12-5-2-6-13-31)14-16-35-29(40)23-7-3-1-4-8-23/h1,3-4,7-10,22,27H,2,5-6,11-21,34H2,(H,35,40)(H,36,39). The Bertz CT molecular complexity index is 1180. The fourth-order valence-electron chi connectivity index (χ4n) is 6.16. The van der Waals surface area contributed by atoms with Crippen molar-refractivity contribution in [2.45, 2.75) is 62.9 Å². The Labute approximate surface area is 252 Å². The second-order valence-electron chi connectivity index (χ2n) is 11.1. The molecule has 1 saturated carbocycles. The number of nitrogens with one attached hydrogen (secondary N) is 2. The molecule has 0 radical (unpaired) electrons. The normalized spacial score (nSPS) is 18.0. The first-order valence-corrected chi connectivity index (χ1v) is 15.4. The van der Waals surface area contributed by atoms with Crippen LogP contribution in [0.5, 0.6) is 0 Å². The lowest BCUT2D eigenvalue weighted by atomic mass is 9.77. The highest BCUT2D eigenvalue weighted by atomic mass is 35.5. The van der Waals surface area contributed by atoms with Crippen molar-refractivity contribution in [1.82, 2.24) is 20.4 Å². The molecule has 1 atom stereocenters. The summed E-state index contributed by atoms with van der Waals surface area (Å²) >= 11 is 12.5. The van der Waals surface area contributed by atoms with Gasteiger partial charge in [0.15, 0.2) is 0 Å². The highest BCUT2D eigenvalue weighted by molar-refractivity contribution is 6.35. The first-order valence-electron chi connectivity index (χ1n) is 14.6. The number of carbonyl (C=O) groups is 3. The van der Waals surface area contributed by atoms with Gasteiger partial charge in [-0.2, -0.15) is 0 Å². The second-order valence-corrected chi connectivity index (χ2v) is 11.9. The van der Waals surface area contributed by atoms with Gasteiger partial charge in [0.25, 0.3) is 5.91 Å². The molecular formula is C31H41Cl2N5O3. The van der Waals surface area contributed by atoms with Crippen LogP contribution < -0.4 is 16.4 Å². The number of nitrogens with zero attached hydrogens (tertiary/aromatic N) is 2. The van der Waals surface area contributed by atoms with E-state index in [1.54, 1.807) is 18.2 Å². The summed E-state index contributed by atoms with van der Waals surface area (Å²) in [7, 11) is 0. The summed E-state index contributed by atoms with van der Waals surface area (Å²) in [5.74, 6) is -0.419. The van der Waals surface area contributed by atoms with E-state index in [0.717, 1.165) is 37.9 Å². The molecule has 1 unspecified atom stereocenters. The van der Waals surface area contributed by atoms with Gasteiger partial charge in [-0.15, -0.1) is 0 Å². The first kappa shape index (κ1) is 31.3. The molecule has 0 bridgehead atoms. The van der Waals surface area contributed by atoms with Crippen molar-refractivity contribution in [3.63, 3.8) is 0 Å². The largest absolute Gasteiger partial charge is 0.352 e. The molecule has 1 aliphatic carbocycles. The van der Waals surface area contributed by atoms with E-state index in [9.17, 15) is 14.4 Å². The zero-order chi connectivity index (χ0) is 29.2. The maximum Gasteiger partial charge on any atom is 0.251 e. The molecule has 3 amide bonds. The summed E-state index contributed by atoms with van der Waals surface area (Å²) in [5.41, 5.74) is 7.01. The highest BCUT2D eigenvalue weighted by Crippen LogP contribution is 2.37. The predicted octanol–water partition coefficient (Wildman–Crippen LogP) is 4.04. The summed E-state index contributed by atoms with van der Waals surface area (Å²) in [6, 6.07) is 13.7. The molecule has 2 aliphatic rings. The summed E-state index contributed by atoms with van der Waals surface area (Å²) in [4.78, 5) is 43.2. The van der Waals surface area contributed by atoms with Crippen LogP contribution in [0.3, 0.4) is 0 Å². The molecule has 222 valence electrons. The van der Waals surface area contributed by atoms with Gasteiger partial charge in [-0.3, -0.25) is 19.3 Å². The van der Waals surface area contributed by atoms with E-state index in [-0.39, 0.29) is 42.6 Å².